The van der Waals surface area contributed by atoms with Crippen molar-refractivity contribution in [2.45, 2.75) is 19.3 Å². The Morgan fingerprint density at radius 1 is 1.43 bits per heavy atom. The number of amides is 1. The van der Waals surface area contributed by atoms with Crippen LogP contribution >= 0.6 is 0 Å². The Morgan fingerprint density at radius 3 is 2.90 bits per heavy atom. The Morgan fingerprint density at radius 2 is 2.24 bits per heavy atom. The zero-order valence-corrected chi connectivity index (χ0v) is 13.3. The Balaban J connectivity index is 1.50. The lowest BCUT2D eigenvalue weighted by atomic mass is 9.82. The van der Waals surface area contributed by atoms with Gasteiger partial charge in [-0.25, -0.2) is 0 Å². The summed E-state index contributed by atoms with van der Waals surface area (Å²) in [5.74, 6) is 1.52. The maximum absolute atomic E-state index is 11.6. The van der Waals surface area contributed by atoms with E-state index in [1.54, 1.807) is 19.0 Å². The van der Waals surface area contributed by atoms with E-state index in [1.165, 1.54) is 25.8 Å². The van der Waals surface area contributed by atoms with Crippen LogP contribution in [0.3, 0.4) is 0 Å². The van der Waals surface area contributed by atoms with E-state index in [1.807, 2.05) is 0 Å². The van der Waals surface area contributed by atoms with Crippen molar-refractivity contribution in [3.63, 3.8) is 0 Å². The minimum absolute atomic E-state index is 0.0335. The zero-order valence-electron chi connectivity index (χ0n) is 13.3. The van der Waals surface area contributed by atoms with E-state index in [0.717, 1.165) is 32.2 Å². The maximum Gasteiger partial charge on any atom is 0.248 e. The molecule has 0 bridgehead atoms. The van der Waals surface area contributed by atoms with Gasteiger partial charge in [0.25, 0.3) is 0 Å². The van der Waals surface area contributed by atoms with Crippen LogP contribution in [-0.4, -0.2) is 75.9 Å². The van der Waals surface area contributed by atoms with Gasteiger partial charge in [0, 0.05) is 45.1 Å². The average molecular weight is 296 g/mol. The van der Waals surface area contributed by atoms with E-state index in [0.29, 0.717) is 12.5 Å². The molecule has 2 atom stereocenters. The second-order valence-electron chi connectivity index (χ2n) is 7.35. The minimum atomic E-state index is 0.0335. The molecule has 0 radical (unpaired) electrons. The van der Waals surface area contributed by atoms with E-state index < -0.39 is 0 Å². The highest BCUT2D eigenvalue weighted by molar-refractivity contribution is 5.76. The number of fused-ring (bicyclic) bond motifs is 1. The van der Waals surface area contributed by atoms with E-state index in [4.69, 9.17) is 9.47 Å². The summed E-state index contributed by atoms with van der Waals surface area (Å²) >= 11 is 0. The molecule has 2 aliphatic heterocycles. The number of hydrogen-bond donors (Lipinski definition) is 0. The molecular weight excluding hydrogens is 268 g/mol. The normalized spacial score (nSPS) is 33.0. The highest BCUT2D eigenvalue weighted by Crippen LogP contribution is 2.42. The van der Waals surface area contributed by atoms with Crippen molar-refractivity contribution in [2.24, 2.45) is 17.3 Å². The van der Waals surface area contributed by atoms with Crippen LogP contribution in [0.15, 0.2) is 0 Å². The van der Waals surface area contributed by atoms with Crippen molar-refractivity contribution in [3.8, 4) is 0 Å². The first-order chi connectivity index (χ1) is 10.1. The molecule has 3 aliphatic rings. The number of likely N-dealkylation sites (tertiary alicyclic amines) is 1. The maximum atomic E-state index is 11.6. The molecule has 2 heterocycles. The number of ether oxygens (including phenoxy) is 2. The fourth-order valence-corrected chi connectivity index (χ4v) is 3.80. The molecule has 1 aliphatic carbocycles. The summed E-state index contributed by atoms with van der Waals surface area (Å²) in [4.78, 5) is 15.8. The summed E-state index contributed by atoms with van der Waals surface area (Å²) in [5.41, 5.74) is 0.121. The smallest absolute Gasteiger partial charge is 0.248 e. The molecule has 1 amide bonds. The van der Waals surface area contributed by atoms with Crippen LogP contribution in [0.2, 0.25) is 0 Å². The van der Waals surface area contributed by atoms with Crippen molar-refractivity contribution in [1.82, 2.24) is 9.80 Å². The summed E-state index contributed by atoms with van der Waals surface area (Å²) in [5, 5.41) is 0. The van der Waals surface area contributed by atoms with Crippen LogP contribution in [0.5, 0.6) is 0 Å². The van der Waals surface area contributed by atoms with Gasteiger partial charge in [0.1, 0.15) is 6.61 Å². The molecule has 5 nitrogen and oxygen atoms in total. The van der Waals surface area contributed by atoms with Crippen molar-refractivity contribution >= 4 is 5.91 Å². The lowest BCUT2D eigenvalue weighted by Crippen LogP contribution is -2.38. The topological polar surface area (TPSA) is 42.0 Å². The third kappa shape index (κ3) is 3.25. The van der Waals surface area contributed by atoms with E-state index in [9.17, 15) is 4.79 Å². The van der Waals surface area contributed by atoms with E-state index in [-0.39, 0.29) is 17.9 Å². The van der Waals surface area contributed by atoms with Gasteiger partial charge in [-0.15, -0.1) is 0 Å². The van der Waals surface area contributed by atoms with Crippen LogP contribution in [0.1, 0.15) is 19.3 Å². The molecule has 0 unspecified atom stereocenters. The summed E-state index contributed by atoms with van der Waals surface area (Å²) in [6, 6.07) is 0. The summed E-state index contributed by atoms with van der Waals surface area (Å²) in [7, 11) is 3.53. The Hall–Kier alpha value is -0.650. The number of rotatable bonds is 6. The molecule has 0 N–H and O–H groups in total. The van der Waals surface area contributed by atoms with Crippen molar-refractivity contribution in [3.05, 3.63) is 0 Å². The Kier molecular flexibility index (Phi) is 4.52. The molecule has 5 heteroatoms. The van der Waals surface area contributed by atoms with Gasteiger partial charge in [-0.1, -0.05) is 6.42 Å². The van der Waals surface area contributed by atoms with Crippen LogP contribution in [0.25, 0.3) is 0 Å². The quantitative estimate of drug-likeness (QED) is 0.728. The van der Waals surface area contributed by atoms with Crippen LogP contribution in [0, 0.1) is 17.3 Å². The number of carbonyl (C=O) groups is 1. The molecule has 2 saturated heterocycles. The first-order valence-electron chi connectivity index (χ1n) is 8.17. The molecule has 1 saturated carbocycles. The third-order valence-corrected chi connectivity index (χ3v) is 5.45. The Bertz CT molecular complexity index is 384. The highest BCUT2D eigenvalue weighted by atomic mass is 16.5. The standard InChI is InChI=1S/C16H28N2O3/c1-17(2)15(19)9-21-12-16-10-18(6-13-4-3-5-13)7-14(16)8-20-11-16/h13-14H,3-12H2,1-2H3/t14-,16+/m0/s1. The van der Waals surface area contributed by atoms with E-state index >= 15 is 0 Å². The molecule has 21 heavy (non-hydrogen) atoms. The van der Waals surface area contributed by atoms with Gasteiger partial charge in [-0.3, -0.25) is 4.79 Å². The number of nitrogens with zero attached hydrogens (tertiary/aromatic N) is 2. The first-order valence-corrected chi connectivity index (χ1v) is 8.17. The average Bonchev–Trinajstić information content (AvgIpc) is 2.90. The molecule has 3 rings (SSSR count). The van der Waals surface area contributed by atoms with Gasteiger partial charge >= 0.3 is 0 Å². The monoisotopic (exact) mass is 296 g/mol. The lowest BCUT2D eigenvalue weighted by molar-refractivity contribution is -0.135. The number of likely N-dealkylation sites (N-methyl/N-ethyl adjacent to an activating group) is 1. The predicted octanol–water partition coefficient (Wildman–Crippen LogP) is 0.840. The van der Waals surface area contributed by atoms with Crippen LogP contribution < -0.4 is 0 Å². The van der Waals surface area contributed by atoms with Gasteiger partial charge < -0.3 is 19.3 Å². The van der Waals surface area contributed by atoms with Crippen molar-refractivity contribution in [1.29, 1.82) is 0 Å². The second-order valence-corrected chi connectivity index (χ2v) is 7.35. The lowest BCUT2D eigenvalue weighted by Gasteiger charge is -2.31. The van der Waals surface area contributed by atoms with Gasteiger partial charge in [-0.05, 0) is 18.8 Å². The van der Waals surface area contributed by atoms with Gasteiger partial charge in [-0.2, -0.15) is 0 Å². The highest BCUT2D eigenvalue weighted by Gasteiger charge is 2.51. The SMILES string of the molecule is CN(C)C(=O)COC[C@@]12COC[C@@H]1CN(CC1CCC1)C2. The van der Waals surface area contributed by atoms with Gasteiger partial charge in [0.05, 0.1) is 19.8 Å². The van der Waals surface area contributed by atoms with Crippen molar-refractivity contribution < 1.29 is 14.3 Å². The largest absolute Gasteiger partial charge is 0.380 e. The zero-order chi connectivity index (χ0) is 14.9. The summed E-state index contributed by atoms with van der Waals surface area (Å²) < 4.78 is 11.5. The molecule has 0 aromatic rings. The molecule has 0 aromatic heterocycles. The summed E-state index contributed by atoms with van der Waals surface area (Å²) in [6.45, 7) is 5.93. The fraction of sp³-hybridized carbons (Fsp3) is 0.938. The predicted molar refractivity (Wildman–Crippen MR) is 80.0 cm³/mol. The minimum Gasteiger partial charge on any atom is -0.380 e. The second kappa shape index (κ2) is 6.23. The fourth-order valence-electron chi connectivity index (χ4n) is 3.80. The van der Waals surface area contributed by atoms with Crippen LogP contribution in [-0.2, 0) is 14.3 Å². The Labute approximate surface area is 127 Å². The van der Waals surface area contributed by atoms with Crippen LogP contribution in [0.4, 0.5) is 0 Å². The molecule has 120 valence electrons. The number of hydrogen-bond acceptors (Lipinski definition) is 4. The molecule has 0 aromatic carbocycles. The molecule has 0 spiro atoms. The van der Waals surface area contributed by atoms with Gasteiger partial charge in [0.2, 0.25) is 5.91 Å². The first kappa shape index (κ1) is 15.3. The van der Waals surface area contributed by atoms with Gasteiger partial charge in [0.15, 0.2) is 0 Å². The summed E-state index contributed by atoms with van der Waals surface area (Å²) in [6.07, 6.45) is 4.21. The molecular formula is C16H28N2O3. The van der Waals surface area contributed by atoms with E-state index in [2.05, 4.69) is 4.90 Å². The third-order valence-electron chi connectivity index (χ3n) is 5.45. The van der Waals surface area contributed by atoms with Crippen molar-refractivity contribution in [2.75, 3.05) is 60.2 Å². The molecule has 3 fully saturated rings. The number of carbonyl (C=O) groups excluding carboxylic acids is 1.